The van der Waals surface area contributed by atoms with Crippen LogP contribution in [-0.4, -0.2) is 96.7 Å². The highest BCUT2D eigenvalue weighted by atomic mass is 31.2. The van der Waals surface area contributed by atoms with Crippen LogP contribution >= 0.6 is 15.6 Å². The number of carbonyl (C=O) groups is 4. The Morgan fingerprint density at radius 2 is 0.389 bits per heavy atom. The minimum atomic E-state index is -4.97. The van der Waals surface area contributed by atoms with Crippen LogP contribution in [0.1, 0.15) is 466 Å². The third-order valence-corrected chi connectivity index (χ3v) is 22.7. The normalized spacial score (nSPS) is 13.9. The molecule has 0 radical (unpaired) electrons. The molecule has 0 saturated carbocycles. The molecule has 0 spiro atoms. The number of hydrogen-bond acceptors (Lipinski definition) is 15. The van der Waals surface area contributed by atoms with Crippen LogP contribution in [0.4, 0.5) is 0 Å². The number of rotatable bonds is 86. The van der Waals surface area contributed by atoms with Gasteiger partial charge in [0.1, 0.15) is 19.3 Å². The van der Waals surface area contributed by atoms with Gasteiger partial charge in [0, 0.05) is 25.7 Å². The predicted octanol–water partition coefficient (Wildman–Crippen LogP) is 27.1. The monoisotopic (exact) mass is 1580 g/mol. The van der Waals surface area contributed by atoms with E-state index in [1.165, 1.54) is 270 Å². The van der Waals surface area contributed by atoms with Crippen molar-refractivity contribution in [2.45, 2.75) is 485 Å². The molecular formula is C89H174O17P2. The summed E-state index contributed by atoms with van der Waals surface area (Å²) >= 11 is 0. The third kappa shape index (κ3) is 82.1. The van der Waals surface area contributed by atoms with Gasteiger partial charge in [-0.25, -0.2) is 9.13 Å². The van der Waals surface area contributed by atoms with Crippen molar-refractivity contribution in [3.8, 4) is 0 Å². The second-order valence-corrected chi connectivity index (χ2v) is 36.8. The number of aliphatic hydroxyl groups excluding tert-OH is 1. The van der Waals surface area contributed by atoms with Crippen LogP contribution in [-0.2, 0) is 65.4 Å². The molecule has 17 nitrogen and oxygen atoms in total. The molecule has 0 bridgehead atoms. The van der Waals surface area contributed by atoms with Gasteiger partial charge in [-0.3, -0.25) is 37.3 Å². The lowest BCUT2D eigenvalue weighted by Gasteiger charge is -2.21. The Morgan fingerprint density at radius 1 is 0.231 bits per heavy atom. The highest BCUT2D eigenvalue weighted by Gasteiger charge is 2.31. The minimum Gasteiger partial charge on any atom is -0.462 e. The molecule has 0 fully saturated rings. The van der Waals surface area contributed by atoms with Gasteiger partial charge in [0.15, 0.2) is 12.2 Å². The summed E-state index contributed by atoms with van der Waals surface area (Å²) in [7, 11) is -9.94. The summed E-state index contributed by atoms with van der Waals surface area (Å²) in [5.41, 5.74) is 0. The molecule has 642 valence electrons. The molecule has 2 unspecified atom stereocenters. The molecule has 0 aromatic rings. The van der Waals surface area contributed by atoms with Crippen LogP contribution in [0.25, 0.3) is 0 Å². The second-order valence-electron chi connectivity index (χ2n) is 33.9. The first kappa shape index (κ1) is 106. The largest absolute Gasteiger partial charge is 0.472 e. The molecule has 0 heterocycles. The molecule has 0 saturated heterocycles. The van der Waals surface area contributed by atoms with Gasteiger partial charge in [-0.1, -0.05) is 415 Å². The van der Waals surface area contributed by atoms with Crippen LogP contribution in [0, 0.1) is 23.7 Å². The zero-order valence-electron chi connectivity index (χ0n) is 71.5. The first-order valence-corrected chi connectivity index (χ1v) is 48.7. The molecule has 0 aliphatic rings. The molecule has 5 atom stereocenters. The smallest absolute Gasteiger partial charge is 0.462 e. The number of unbranched alkanes of at least 4 members (excludes halogenated alkanes) is 52. The lowest BCUT2D eigenvalue weighted by molar-refractivity contribution is -0.161. The number of hydrogen-bond donors (Lipinski definition) is 3. The molecule has 0 aliphatic heterocycles. The van der Waals surface area contributed by atoms with Crippen molar-refractivity contribution < 1.29 is 80.2 Å². The van der Waals surface area contributed by atoms with Gasteiger partial charge in [0.05, 0.1) is 26.4 Å². The molecule has 108 heavy (non-hydrogen) atoms. The standard InChI is InChI=1S/C89H174O17P2/c1-79(2)65-57-49-41-33-26-20-14-9-11-17-23-29-37-45-53-61-69-86(91)99-75-84(105-88(93)71-63-55-47-38-30-24-18-12-10-15-21-27-34-42-50-58-66-80(3)4)77-103-107(95,96)101-73-83(90)74-102-108(97,98)104-78-85(76-100-87(92)70-62-54-46-40-32-36-44-52-60-68-82(7)8)106-89(94)72-64-56-48-39-31-25-19-13-16-22-28-35-43-51-59-67-81(5)6/h79-85,90H,9-78H2,1-8H3,(H,95,96)(H,97,98)/t83-,84-,85-/m1/s1. The van der Waals surface area contributed by atoms with Gasteiger partial charge < -0.3 is 33.8 Å². The van der Waals surface area contributed by atoms with Crippen LogP contribution < -0.4 is 0 Å². The van der Waals surface area contributed by atoms with Crippen LogP contribution in [0.5, 0.6) is 0 Å². The maximum absolute atomic E-state index is 13.2. The highest BCUT2D eigenvalue weighted by molar-refractivity contribution is 7.47. The van der Waals surface area contributed by atoms with E-state index in [2.05, 4.69) is 55.4 Å². The summed E-state index contributed by atoms with van der Waals surface area (Å²) in [6.45, 7) is 14.4. The highest BCUT2D eigenvalue weighted by Crippen LogP contribution is 2.45. The van der Waals surface area contributed by atoms with Crippen molar-refractivity contribution in [1.82, 2.24) is 0 Å². The second kappa shape index (κ2) is 77.6. The number of carbonyl (C=O) groups excluding carboxylic acids is 4. The molecule has 0 amide bonds. The van der Waals surface area contributed by atoms with Crippen LogP contribution in [0.2, 0.25) is 0 Å². The first-order valence-electron chi connectivity index (χ1n) is 45.7. The summed E-state index contributed by atoms with van der Waals surface area (Å²) in [5, 5.41) is 10.7. The van der Waals surface area contributed by atoms with Crippen molar-refractivity contribution >= 4 is 39.5 Å². The SMILES string of the molecule is CC(C)CCCCCCCCCCCCCCCCCCC(=O)OC[C@H](COP(=O)(O)OC[C@@H](O)COP(=O)(O)OC[C@@H](COC(=O)CCCCCCCCCCCC(C)C)OC(=O)CCCCCCCCCCCCCCCCCC(C)C)OC(=O)CCCCCCCCCCCCCCCCCCC(C)C. The number of phosphoric acid groups is 2. The van der Waals surface area contributed by atoms with E-state index in [1.54, 1.807) is 0 Å². The van der Waals surface area contributed by atoms with Gasteiger partial charge in [0.25, 0.3) is 0 Å². The molecular weight excluding hydrogens is 1400 g/mol. The predicted molar refractivity (Wildman–Crippen MR) is 446 cm³/mol. The minimum absolute atomic E-state index is 0.107. The fraction of sp³-hybridized carbons (Fsp3) is 0.955. The Balaban J connectivity index is 5.26. The van der Waals surface area contributed by atoms with Gasteiger partial charge in [-0.2, -0.15) is 0 Å². The summed E-state index contributed by atoms with van der Waals surface area (Å²) < 4.78 is 69.0. The molecule has 19 heteroatoms. The quantitative estimate of drug-likeness (QED) is 0.0222. The lowest BCUT2D eigenvalue weighted by atomic mass is 10.0. The van der Waals surface area contributed by atoms with E-state index in [0.29, 0.717) is 25.7 Å². The van der Waals surface area contributed by atoms with Crippen molar-refractivity contribution in [1.29, 1.82) is 0 Å². The lowest BCUT2D eigenvalue weighted by Crippen LogP contribution is -2.30. The maximum Gasteiger partial charge on any atom is 0.472 e. The Morgan fingerprint density at radius 3 is 0.574 bits per heavy atom. The summed E-state index contributed by atoms with van der Waals surface area (Å²) in [5.74, 6) is 1.07. The van der Waals surface area contributed by atoms with E-state index in [-0.39, 0.29) is 25.7 Å². The van der Waals surface area contributed by atoms with Gasteiger partial charge in [-0.05, 0) is 49.4 Å². The fourth-order valence-corrected chi connectivity index (χ4v) is 15.4. The van der Waals surface area contributed by atoms with E-state index in [4.69, 9.17) is 37.0 Å². The molecule has 0 rings (SSSR count). The van der Waals surface area contributed by atoms with Crippen molar-refractivity contribution in [3.05, 3.63) is 0 Å². The Hall–Kier alpha value is -1.94. The number of phosphoric ester groups is 2. The van der Waals surface area contributed by atoms with E-state index in [1.807, 2.05) is 0 Å². The van der Waals surface area contributed by atoms with Crippen LogP contribution in [0.3, 0.4) is 0 Å². The Labute approximate surface area is 664 Å². The fourth-order valence-electron chi connectivity index (χ4n) is 13.8. The Bertz CT molecular complexity index is 2090. The Kier molecular flexibility index (Phi) is 76.2. The number of aliphatic hydroxyl groups is 1. The maximum atomic E-state index is 13.2. The van der Waals surface area contributed by atoms with E-state index in [0.717, 1.165) is 114 Å². The molecule has 0 aromatic heterocycles. The van der Waals surface area contributed by atoms with Crippen LogP contribution in [0.15, 0.2) is 0 Å². The average Bonchev–Trinajstić information content (AvgIpc) is 0.897. The van der Waals surface area contributed by atoms with Crippen molar-refractivity contribution in [3.63, 3.8) is 0 Å². The first-order chi connectivity index (χ1) is 52.1. The van der Waals surface area contributed by atoms with Gasteiger partial charge >= 0.3 is 39.5 Å². The van der Waals surface area contributed by atoms with Gasteiger partial charge in [-0.15, -0.1) is 0 Å². The molecule has 0 aromatic carbocycles. The molecule has 3 N–H and O–H groups in total. The zero-order valence-corrected chi connectivity index (χ0v) is 73.3. The zero-order chi connectivity index (χ0) is 79.5. The third-order valence-electron chi connectivity index (χ3n) is 20.8. The molecule has 0 aliphatic carbocycles. The topological polar surface area (TPSA) is 237 Å². The van der Waals surface area contributed by atoms with Crippen molar-refractivity contribution in [2.24, 2.45) is 23.7 Å². The van der Waals surface area contributed by atoms with E-state index >= 15 is 0 Å². The number of ether oxygens (including phenoxy) is 4. The van der Waals surface area contributed by atoms with E-state index in [9.17, 15) is 43.2 Å². The van der Waals surface area contributed by atoms with Gasteiger partial charge in [0.2, 0.25) is 0 Å². The number of esters is 4. The summed E-state index contributed by atoms with van der Waals surface area (Å²) in [6, 6.07) is 0. The van der Waals surface area contributed by atoms with Crippen molar-refractivity contribution in [2.75, 3.05) is 39.6 Å². The summed E-state index contributed by atoms with van der Waals surface area (Å²) in [4.78, 5) is 73.4. The average molecular weight is 1580 g/mol. The van der Waals surface area contributed by atoms with E-state index < -0.39 is 97.5 Å². The summed E-state index contributed by atoms with van der Waals surface area (Å²) in [6.07, 6.45) is 68.0.